The minimum Gasteiger partial charge on any atom is -0.343 e. The molecule has 8 heteroatoms. The first kappa shape index (κ1) is 12.9. The number of nitrogens with one attached hydrogen (secondary N) is 1. The second-order valence-electron chi connectivity index (χ2n) is 4.68. The predicted molar refractivity (Wildman–Crippen MR) is 63.5 cm³/mol. The molecule has 0 atom stereocenters. The lowest BCUT2D eigenvalue weighted by Crippen LogP contribution is -2.24. The van der Waals surface area contributed by atoms with Gasteiger partial charge in [-0.3, -0.25) is 4.79 Å². The zero-order valence-electron chi connectivity index (χ0n) is 10.4. The van der Waals surface area contributed by atoms with E-state index in [4.69, 9.17) is 0 Å². The van der Waals surface area contributed by atoms with Gasteiger partial charge >= 0.3 is 6.18 Å². The van der Waals surface area contributed by atoms with E-state index in [0.29, 0.717) is 24.0 Å². The second-order valence-corrected chi connectivity index (χ2v) is 4.68. The van der Waals surface area contributed by atoms with Gasteiger partial charge in [-0.15, -0.1) is 0 Å². The number of aromatic nitrogens is 3. The van der Waals surface area contributed by atoms with Crippen molar-refractivity contribution in [3.05, 3.63) is 23.7 Å². The van der Waals surface area contributed by atoms with Crippen LogP contribution in [0.4, 0.5) is 13.2 Å². The zero-order valence-corrected chi connectivity index (χ0v) is 10.4. The Labute approximate surface area is 111 Å². The number of amides is 1. The number of alkyl halides is 3. The van der Waals surface area contributed by atoms with Crippen molar-refractivity contribution in [1.29, 1.82) is 0 Å². The average molecular weight is 284 g/mol. The number of nitrogens with zero attached hydrogens (tertiary/aromatic N) is 3. The third-order valence-corrected chi connectivity index (χ3v) is 3.30. The van der Waals surface area contributed by atoms with Gasteiger partial charge in [-0.1, -0.05) is 0 Å². The number of pyridine rings is 1. The third-order valence-electron chi connectivity index (χ3n) is 3.30. The van der Waals surface area contributed by atoms with E-state index in [-0.39, 0.29) is 18.1 Å². The minimum atomic E-state index is -4.53. The highest BCUT2D eigenvalue weighted by molar-refractivity contribution is 5.79. The van der Waals surface area contributed by atoms with Gasteiger partial charge in [0.2, 0.25) is 5.91 Å². The molecule has 3 heterocycles. The van der Waals surface area contributed by atoms with Gasteiger partial charge in [0.25, 0.3) is 0 Å². The molecule has 0 aliphatic carbocycles. The molecule has 1 fully saturated rings. The fourth-order valence-electron chi connectivity index (χ4n) is 2.34. The molecule has 2 aromatic heterocycles. The maximum atomic E-state index is 12.8. The second kappa shape index (κ2) is 4.46. The molecule has 1 aliphatic rings. The van der Waals surface area contributed by atoms with Gasteiger partial charge in [-0.05, 0) is 12.5 Å². The van der Waals surface area contributed by atoms with E-state index in [1.807, 2.05) is 0 Å². The number of imidazole rings is 1. The molecule has 1 saturated heterocycles. The maximum Gasteiger partial charge on any atom is 0.433 e. The number of fused-ring (bicyclic) bond motifs is 1. The highest BCUT2D eigenvalue weighted by Crippen LogP contribution is 2.30. The molecular weight excluding hydrogens is 273 g/mol. The lowest BCUT2D eigenvalue weighted by atomic mass is 10.2. The highest BCUT2D eigenvalue weighted by Gasteiger charge is 2.34. The van der Waals surface area contributed by atoms with Crippen molar-refractivity contribution in [2.45, 2.75) is 25.6 Å². The first-order valence-corrected chi connectivity index (χ1v) is 6.13. The average Bonchev–Trinajstić information content (AvgIpc) is 2.97. The van der Waals surface area contributed by atoms with Crippen LogP contribution in [0.2, 0.25) is 0 Å². The number of hydrogen-bond donors (Lipinski definition) is 1. The van der Waals surface area contributed by atoms with Gasteiger partial charge < -0.3 is 9.88 Å². The molecule has 20 heavy (non-hydrogen) atoms. The Kier molecular flexibility index (Phi) is 2.88. The largest absolute Gasteiger partial charge is 0.433 e. The summed E-state index contributed by atoms with van der Waals surface area (Å²) in [6.07, 6.45) is -2.05. The van der Waals surface area contributed by atoms with Crippen molar-refractivity contribution < 1.29 is 18.0 Å². The Bertz CT molecular complexity index is 664. The number of hydrogen-bond acceptors (Lipinski definition) is 3. The summed E-state index contributed by atoms with van der Waals surface area (Å²) in [5.41, 5.74) is -0.145. The van der Waals surface area contributed by atoms with E-state index in [2.05, 4.69) is 15.0 Å². The van der Waals surface area contributed by atoms with E-state index in [0.717, 1.165) is 12.5 Å². The topological polar surface area (TPSA) is 61.9 Å². The lowest BCUT2D eigenvalue weighted by Gasteiger charge is -2.16. The Morgan fingerprint density at radius 3 is 2.85 bits per heavy atom. The summed E-state index contributed by atoms with van der Waals surface area (Å²) in [7, 11) is 0. The molecule has 2 aromatic rings. The van der Waals surface area contributed by atoms with Crippen molar-refractivity contribution in [3.8, 4) is 0 Å². The molecule has 0 saturated carbocycles. The lowest BCUT2D eigenvalue weighted by molar-refractivity contribution is -0.141. The monoisotopic (exact) mass is 284 g/mol. The van der Waals surface area contributed by atoms with Crippen molar-refractivity contribution in [2.75, 3.05) is 6.54 Å². The number of H-pyrrole nitrogens is 1. The molecule has 1 amide bonds. The Morgan fingerprint density at radius 1 is 1.40 bits per heavy atom. The number of carbonyl (C=O) groups is 1. The summed E-state index contributed by atoms with van der Waals surface area (Å²) in [6, 6.07) is 0.978. The van der Waals surface area contributed by atoms with Crippen LogP contribution in [0.25, 0.3) is 11.2 Å². The quantitative estimate of drug-likeness (QED) is 0.918. The van der Waals surface area contributed by atoms with E-state index >= 15 is 0 Å². The van der Waals surface area contributed by atoms with Gasteiger partial charge in [-0.2, -0.15) is 13.2 Å². The van der Waals surface area contributed by atoms with Crippen LogP contribution in [-0.4, -0.2) is 32.3 Å². The summed E-state index contributed by atoms with van der Waals surface area (Å²) < 4.78 is 38.4. The fraction of sp³-hybridized carbons (Fsp3) is 0.417. The van der Waals surface area contributed by atoms with E-state index in [1.165, 1.54) is 6.33 Å². The molecule has 0 radical (unpaired) electrons. The van der Waals surface area contributed by atoms with Crippen LogP contribution in [0.1, 0.15) is 24.1 Å². The standard InChI is InChI=1S/C12H11F3N4O/c13-12(14,15)8-4-7(5-19-3-1-2-9(19)20)10-11(18-8)17-6-16-10/h4,6H,1-3,5H2,(H,16,17,18). The fourth-order valence-corrected chi connectivity index (χ4v) is 2.34. The Balaban J connectivity index is 2.03. The first-order valence-electron chi connectivity index (χ1n) is 6.13. The SMILES string of the molecule is O=C1CCCN1Cc1cc(C(F)(F)F)nc2nc[nH]c12. The molecule has 106 valence electrons. The van der Waals surface area contributed by atoms with Crippen LogP contribution >= 0.6 is 0 Å². The molecule has 0 spiro atoms. The van der Waals surface area contributed by atoms with Crippen molar-refractivity contribution in [3.63, 3.8) is 0 Å². The van der Waals surface area contributed by atoms with Crippen LogP contribution in [-0.2, 0) is 17.5 Å². The summed E-state index contributed by atoms with van der Waals surface area (Å²) in [4.78, 5) is 23.2. The number of aromatic amines is 1. The van der Waals surface area contributed by atoms with Crippen LogP contribution in [0.3, 0.4) is 0 Å². The maximum absolute atomic E-state index is 12.8. The third kappa shape index (κ3) is 2.21. The molecule has 0 aromatic carbocycles. The summed E-state index contributed by atoms with van der Waals surface area (Å²) >= 11 is 0. The smallest absolute Gasteiger partial charge is 0.343 e. The zero-order chi connectivity index (χ0) is 14.3. The van der Waals surface area contributed by atoms with Crippen molar-refractivity contribution in [1.82, 2.24) is 19.9 Å². The van der Waals surface area contributed by atoms with Gasteiger partial charge in [0.15, 0.2) is 5.65 Å². The van der Waals surface area contributed by atoms with Crippen LogP contribution in [0.15, 0.2) is 12.4 Å². The van der Waals surface area contributed by atoms with Gasteiger partial charge in [-0.25, -0.2) is 9.97 Å². The van der Waals surface area contributed by atoms with Crippen molar-refractivity contribution >= 4 is 17.1 Å². The Morgan fingerprint density at radius 2 is 2.20 bits per heavy atom. The van der Waals surface area contributed by atoms with Gasteiger partial charge in [0.05, 0.1) is 11.8 Å². The van der Waals surface area contributed by atoms with Crippen LogP contribution in [0, 0.1) is 0 Å². The summed E-state index contributed by atoms with van der Waals surface area (Å²) in [6.45, 7) is 0.710. The molecule has 0 bridgehead atoms. The van der Waals surface area contributed by atoms with E-state index < -0.39 is 11.9 Å². The van der Waals surface area contributed by atoms with Gasteiger partial charge in [0, 0.05) is 25.1 Å². The van der Waals surface area contributed by atoms with E-state index in [9.17, 15) is 18.0 Å². The minimum absolute atomic E-state index is 0.0153. The summed E-state index contributed by atoms with van der Waals surface area (Å²) in [5, 5.41) is 0. The predicted octanol–water partition coefficient (Wildman–Crippen LogP) is 2.10. The number of carbonyl (C=O) groups excluding carboxylic acids is 1. The number of halogens is 3. The molecule has 0 unspecified atom stereocenters. The highest BCUT2D eigenvalue weighted by atomic mass is 19.4. The van der Waals surface area contributed by atoms with Crippen LogP contribution in [0.5, 0.6) is 0 Å². The molecule has 3 rings (SSSR count). The Hall–Kier alpha value is -2.12. The van der Waals surface area contributed by atoms with Crippen molar-refractivity contribution in [2.24, 2.45) is 0 Å². The molecule has 5 nitrogen and oxygen atoms in total. The molecule has 1 N–H and O–H groups in total. The number of rotatable bonds is 2. The number of likely N-dealkylation sites (tertiary alicyclic amines) is 1. The van der Waals surface area contributed by atoms with Gasteiger partial charge in [0.1, 0.15) is 5.69 Å². The van der Waals surface area contributed by atoms with Crippen LogP contribution < -0.4 is 0 Å². The first-order chi connectivity index (χ1) is 9.45. The molecular formula is C12H11F3N4O. The normalized spacial score (nSPS) is 16.4. The van der Waals surface area contributed by atoms with E-state index in [1.54, 1.807) is 4.90 Å². The summed E-state index contributed by atoms with van der Waals surface area (Å²) in [5.74, 6) is -0.0389. The molecule has 1 aliphatic heterocycles.